The Labute approximate surface area is 94.0 Å². The molecule has 0 heterocycles. The van der Waals surface area contributed by atoms with Crippen molar-refractivity contribution in [1.82, 2.24) is 0 Å². The zero-order valence-electron chi connectivity index (χ0n) is 7.79. The Kier molecular flexibility index (Phi) is 242. The summed E-state index contributed by atoms with van der Waals surface area (Å²) >= 11 is 0. The van der Waals surface area contributed by atoms with Crippen molar-refractivity contribution in [2.24, 2.45) is 0 Å². The van der Waals surface area contributed by atoms with Gasteiger partial charge in [0.05, 0.1) is 0 Å². The number of carbonyl (C=O) groups is 4. The molecule has 1 saturated carbocycles. The van der Waals surface area contributed by atoms with E-state index in [1.165, 1.54) is 25.7 Å². The van der Waals surface area contributed by atoms with Crippen molar-refractivity contribution in [3.05, 3.63) is 0 Å². The van der Waals surface area contributed by atoms with E-state index in [0.717, 1.165) is 0 Å². The Bertz CT molecular complexity index is 48.1. The molecule has 13 heavy (non-hydrogen) atoms. The molecule has 0 aromatic rings. The molecule has 5 heteroatoms. The molecule has 0 aromatic carbocycles. The molecule has 76 valence electrons. The van der Waals surface area contributed by atoms with E-state index in [0.29, 0.717) is 0 Å². The van der Waals surface area contributed by atoms with Crippen LogP contribution in [0.2, 0.25) is 0 Å². The normalized spacial score (nSPS) is 8.62. The topological polar surface area (TPSA) is 68.3 Å². The van der Waals surface area contributed by atoms with Crippen molar-refractivity contribution in [3.8, 4) is 0 Å². The standard InChI is InChI=1S/C4H8.4CH2O.Ti/c1-2-4-3-1;4*1-2;/h1-4H2;4*1H2;. The van der Waals surface area contributed by atoms with Gasteiger partial charge in [-0.2, -0.15) is 0 Å². The molecule has 0 bridgehead atoms. The summed E-state index contributed by atoms with van der Waals surface area (Å²) in [4.78, 5) is 32.0. The van der Waals surface area contributed by atoms with Crippen LogP contribution in [0.4, 0.5) is 0 Å². The third-order valence-corrected chi connectivity index (χ3v) is 1.000. The van der Waals surface area contributed by atoms with Crippen LogP contribution in [-0.2, 0) is 40.9 Å². The van der Waals surface area contributed by atoms with Crippen molar-refractivity contribution >= 4 is 27.2 Å². The average Bonchev–Trinajstić information content (AvgIpc) is 2.14. The van der Waals surface area contributed by atoms with Gasteiger partial charge in [-0.05, 0) is 0 Å². The summed E-state index contributed by atoms with van der Waals surface area (Å²) in [7, 11) is 0. The van der Waals surface area contributed by atoms with Crippen LogP contribution in [0.25, 0.3) is 0 Å². The first-order chi connectivity index (χ1) is 6.00. The third kappa shape index (κ3) is 87.3. The van der Waals surface area contributed by atoms with E-state index < -0.39 is 0 Å². The molecule has 4 nitrogen and oxygen atoms in total. The van der Waals surface area contributed by atoms with Crippen LogP contribution in [0.15, 0.2) is 0 Å². The molecule has 1 fully saturated rings. The smallest absolute Gasteiger partial charge is 0.106 e. The molecule has 1 aliphatic carbocycles. The van der Waals surface area contributed by atoms with Gasteiger partial charge in [0.2, 0.25) is 0 Å². The van der Waals surface area contributed by atoms with E-state index in [-0.39, 0.29) is 21.7 Å². The second-order valence-electron chi connectivity index (χ2n) is 1.41. The van der Waals surface area contributed by atoms with Crippen LogP contribution in [0, 0.1) is 0 Å². The Morgan fingerprint density at radius 3 is 0.538 bits per heavy atom. The fraction of sp³-hybridized carbons (Fsp3) is 0.500. The summed E-state index contributed by atoms with van der Waals surface area (Å²) in [6.45, 7) is 8.00. The number of carbonyl (C=O) groups excluding carboxylic acids is 4. The molecular formula is C8H16O4Ti. The largest absolute Gasteiger partial charge is 0.307 e. The van der Waals surface area contributed by atoms with Crippen molar-refractivity contribution in [2.45, 2.75) is 25.7 Å². The van der Waals surface area contributed by atoms with Crippen molar-refractivity contribution < 1.29 is 40.9 Å². The van der Waals surface area contributed by atoms with E-state index >= 15 is 0 Å². The molecule has 0 saturated heterocycles. The van der Waals surface area contributed by atoms with Crippen molar-refractivity contribution in [2.75, 3.05) is 0 Å². The predicted molar refractivity (Wildman–Crippen MR) is 47.0 cm³/mol. The van der Waals surface area contributed by atoms with Gasteiger partial charge in [0.1, 0.15) is 27.2 Å². The van der Waals surface area contributed by atoms with Crippen LogP contribution >= 0.6 is 0 Å². The number of rotatable bonds is 0. The summed E-state index contributed by atoms with van der Waals surface area (Å²) in [6.07, 6.45) is 6.00. The SMILES string of the molecule is C1CCC1.C=O.C=O.C=O.C=O.[Ti]. The second-order valence-corrected chi connectivity index (χ2v) is 1.41. The maximum Gasteiger partial charge on any atom is 0.106 e. The van der Waals surface area contributed by atoms with Crippen molar-refractivity contribution in [1.29, 1.82) is 0 Å². The Morgan fingerprint density at radius 1 is 0.462 bits per heavy atom. The molecule has 0 amide bonds. The van der Waals surface area contributed by atoms with Gasteiger partial charge < -0.3 is 19.2 Å². The van der Waals surface area contributed by atoms with E-state index in [4.69, 9.17) is 19.2 Å². The minimum absolute atomic E-state index is 0. The van der Waals surface area contributed by atoms with Gasteiger partial charge >= 0.3 is 0 Å². The molecule has 0 atom stereocenters. The minimum atomic E-state index is 0. The van der Waals surface area contributed by atoms with Gasteiger partial charge in [0, 0.05) is 21.7 Å². The quantitative estimate of drug-likeness (QED) is 0.571. The molecule has 0 N–H and O–H groups in total. The first-order valence-corrected chi connectivity index (χ1v) is 3.15. The average molecular weight is 224 g/mol. The summed E-state index contributed by atoms with van der Waals surface area (Å²) < 4.78 is 0. The predicted octanol–water partition coefficient (Wildman–Crippen LogP) is 0.818. The maximum absolute atomic E-state index is 8.00. The van der Waals surface area contributed by atoms with Crippen LogP contribution < -0.4 is 0 Å². The van der Waals surface area contributed by atoms with E-state index in [1.54, 1.807) is 0 Å². The zero-order valence-corrected chi connectivity index (χ0v) is 9.35. The van der Waals surface area contributed by atoms with Crippen molar-refractivity contribution in [3.63, 3.8) is 0 Å². The first kappa shape index (κ1) is 29.4. The molecule has 1 aliphatic rings. The fourth-order valence-corrected chi connectivity index (χ4v) is 0.250. The van der Waals surface area contributed by atoms with Gasteiger partial charge in [-0.1, -0.05) is 25.7 Å². The number of hydrogen-bond acceptors (Lipinski definition) is 4. The van der Waals surface area contributed by atoms with E-state index in [2.05, 4.69) is 0 Å². The molecule has 0 aromatic heterocycles. The van der Waals surface area contributed by atoms with E-state index in [1.807, 2.05) is 27.2 Å². The summed E-state index contributed by atoms with van der Waals surface area (Å²) in [5.41, 5.74) is 0. The second kappa shape index (κ2) is 107. The molecule has 0 aliphatic heterocycles. The molecule has 0 unspecified atom stereocenters. The Balaban J connectivity index is -0.0000000215. The minimum Gasteiger partial charge on any atom is -0.307 e. The third-order valence-electron chi connectivity index (χ3n) is 1.000. The van der Waals surface area contributed by atoms with Gasteiger partial charge in [-0.3, -0.25) is 0 Å². The molecule has 0 radical (unpaired) electrons. The monoisotopic (exact) mass is 224 g/mol. The van der Waals surface area contributed by atoms with Crippen LogP contribution in [0.1, 0.15) is 25.7 Å². The summed E-state index contributed by atoms with van der Waals surface area (Å²) in [6, 6.07) is 0. The van der Waals surface area contributed by atoms with Gasteiger partial charge in [-0.25, -0.2) is 0 Å². The molecular weight excluding hydrogens is 208 g/mol. The Morgan fingerprint density at radius 2 is 0.538 bits per heavy atom. The summed E-state index contributed by atoms with van der Waals surface area (Å²) in [5, 5.41) is 0. The van der Waals surface area contributed by atoms with Crippen LogP contribution in [0.3, 0.4) is 0 Å². The van der Waals surface area contributed by atoms with Gasteiger partial charge in [-0.15, -0.1) is 0 Å². The zero-order chi connectivity index (χ0) is 10.8. The Hall–Kier alpha value is -0.606. The summed E-state index contributed by atoms with van der Waals surface area (Å²) in [5.74, 6) is 0. The first-order valence-electron chi connectivity index (χ1n) is 3.15. The number of hydrogen-bond donors (Lipinski definition) is 0. The van der Waals surface area contributed by atoms with Crippen LogP contribution in [-0.4, -0.2) is 27.2 Å². The maximum atomic E-state index is 8.00. The van der Waals surface area contributed by atoms with Gasteiger partial charge in [0.15, 0.2) is 0 Å². The fourth-order valence-electron chi connectivity index (χ4n) is 0.250. The van der Waals surface area contributed by atoms with E-state index in [9.17, 15) is 0 Å². The van der Waals surface area contributed by atoms with Crippen LogP contribution in [0.5, 0.6) is 0 Å². The molecule has 0 spiro atoms. The van der Waals surface area contributed by atoms with Gasteiger partial charge in [0.25, 0.3) is 0 Å². The molecule has 1 rings (SSSR count).